The molecule has 0 aliphatic rings. The molecule has 140 heavy (non-hydrogen) atoms. The Morgan fingerprint density at radius 1 is 0.114 bits per heavy atom. The van der Waals surface area contributed by atoms with Crippen molar-refractivity contribution in [1.29, 1.82) is 0 Å². The van der Waals surface area contributed by atoms with Crippen molar-refractivity contribution in [1.82, 2.24) is 9.13 Å². The van der Waals surface area contributed by atoms with Crippen molar-refractivity contribution in [2.45, 2.75) is 0 Å². The molecule has 0 bridgehead atoms. The standard InChI is InChI=1S/C70H46N2.C66H44N2/c1-3-14-47(15-4-1)48-26-35-56(36-27-48)71(55-18-5-2-6-19-55)57-37-28-50(29-38-57)53-33-42-69-67(45-53)68-46-54(60-25-13-17-51-16-7-8-20-59(51)60)34-43-70(68)72(69)58-39-30-49(31-40-58)52-32-41-65-63-23-10-9-21-61(63)62-22-11-12-24-64(62)66(65)44-52;1-3-13-45(14-4-1)47-23-33-53(34-24-47)67(54-35-25-48(26-36-54)46-15-5-2-6-16-46)55-37-27-50(28-38-55)52-32-42-66-64(44-52)62-21-11-12-22-65(62)68(66)56-39-29-49(30-40-56)51-31-41-61-59-19-8-7-17-57(59)58-18-9-10-20-60(58)63(61)43-51/h1-46H;1-44H. The maximum atomic E-state index is 2.44. The lowest BCUT2D eigenvalue weighted by Gasteiger charge is -2.26. The second kappa shape index (κ2) is 35.1. The fraction of sp³-hybridized carbons (Fsp3) is 0. The number of fused-ring (bicyclic) bond motifs is 19. The van der Waals surface area contributed by atoms with E-state index in [9.17, 15) is 0 Å². The molecule has 0 aliphatic carbocycles. The molecule has 0 radical (unpaired) electrons. The molecule has 0 spiro atoms. The average Bonchev–Trinajstić information content (AvgIpc) is 1.36. The highest BCUT2D eigenvalue weighted by molar-refractivity contribution is 6.27. The zero-order valence-electron chi connectivity index (χ0n) is 76.8. The van der Waals surface area contributed by atoms with E-state index in [-0.39, 0.29) is 0 Å². The second-order valence-electron chi connectivity index (χ2n) is 36.5. The van der Waals surface area contributed by atoms with E-state index in [1.165, 1.54) is 208 Å². The molecule has 25 aromatic carbocycles. The third-order valence-corrected chi connectivity index (χ3v) is 28.6. The normalized spacial score (nSPS) is 11.6. The van der Waals surface area contributed by atoms with Gasteiger partial charge in [-0.1, -0.05) is 394 Å². The highest BCUT2D eigenvalue weighted by Crippen LogP contribution is 2.47. The summed E-state index contributed by atoms with van der Waals surface area (Å²) in [5, 5.41) is 22.9. The molecule has 27 aromatic rings. The number of aromatic nitrogens is 2. The van der Waals surface area contributed by atoms with Crippen LogP contribution < -0.4 is 9.80 Å². The zero-order valence-corrected chi connectivity index (χ0v) is 76.8. The van der Waals surface area contributed by atoms with E-state index in [4.69, 9.17) is 0 Å². The van der Waals surface area contributed by atoms with Gasteiger partial charge < -0.3 is 18.9 Å². The maximum Gasteiger partial charge on any atom is 0.0541 e. The Hall–Kier alpha value is -18.5. The van der Waals surface area contributed by atoms with E-state index < -0.39 is 0 Å². The van der Waals surface area contributed by atoms with Gasteiger partial charge in [0.1, 0.15) is 0 Å². The Labute approximate surface area is 812 Å². The van der Waals surface area contributed by atoms with Crippen LogP contribution in [0.25, 0.3) is 219 Å². The van der Waals surface area contributed by atoms with Crippen molar-refractivity contribution >= 4 is 153 Å². The molecule has 0 fully saturated rings. The van der Waals surface area contributed by atoms with E-state index in [0.29, 0.717) is 0 Å². The first-order valence-corrected chi connectivity index (χ1v) is 48.2. The first-order chi connectivity index (χ1) is 69.4. The Balaban J connectivity index is 0.000000144. The SMILES string of the molecule is c1ccc(-c2ccc(N(c3ccc(-c4ccccc4)cc3)c3ccc(-c4ccc5c(c4)c4ccccc4n5-c4ccc(-c5ccc6c7ccccc7c7ccccc7c6c5)cc4)cc3)cc2)cc1.c1ccc(-c2ccc(N(c3ccccc3)c3ccc(-c4ccc5c(c4)c4cc(-c6cccc7ccccc67)ccc4n5-c4ccc(-c5ccc6c7ccccc7c7ccccc7c6c5)cc4)cc3)cc2)cc1. The van der Waals surface area contributed by atoms with Gasteiger partial charge >= 0.3 is 0 Å². The lowest BCUT2D eigenvalue weighted by molar-refractivity contribution is 1.18. The molecule has 0 aliphatic heterocycles. The summed E-state index contributed by atoms with van der Waals surface area (Å²) < 4.78 is 4.85. The van der Waals surface area contributed by atoms with Crippen LogP contribution in [-0.4, -0.2) is 9.13 Å². The van der Waals surface area contributed by atoms with Crippen LogP contribution in [0.4, 0.5) is 34.1 Å². The molecular formula is C136H90N4. The summed E-state index contributed by atoms with van der Waals surface area (Å²) in [7, 11) is 0. The van der Waals surface area contributed by atoms with E-state index in [1.54, 1.807) is 0 Å². The average molecular weight is 1780 g/mol. The molecule has 2 aromatic heterocycles. The quantitative estimate of drug-likeness (QED) is 0.0897. The molecule has 0 N–H and O–H groups in total. The molecule has 0 amide bonds. The molecule has 654 valence electrons. The van der Waals surface area contributed by atoms with Gasteiger partial charge in [0.25, 0.3) is 0 Å². The van der Waals surface area contributed by atoms with Crippen LogP contribution in [0.2, 0.25) is 0 Å². The number of anilines is 6. The van der Waals surface area contributed by atoms with Crippen LogP contribution >= 0.6 is 0 Å². The largest absolute Gasteiger partial charge is 0.311 e. The smallest absolute Gasteiger partial charge is 0.0541 e. The predicted molar refractivity (Wildman–Crippen MR) is 597 cm³/mol. The summed E-state index contributed by atoms with van der Waals surface area (Å²) in [6.45, 7) is 0. The predicted octanol–water partition coefficient (Wildman–Crippen LogP) is 37.9. The Morgan fingerprint density at radius 2 is 0.329 bits per heavy atom. The van der Waals surface area contributed by atoms with Crippen molar-refractivity contribution in [3.63, 3.8) is 0 Å². The molecule has 27 rings (SSSR count). The van der Waals surface area contributed by atoms with Gasteiger partial charge in [-0.25, -0.2) is 0 Å². The van der Waals surface area contributed by atoms with Crippen molar-refractivity contribution in [3.05, 3.63) is 546 Å². The molecule has 0 saturated heterocycles. The summed E-state index contributed by atoms with van der Waals surface area (Å²) in [6.07, 6.45) is 0. The van der Waals surface area contributed by atoms with Gasteiger partial charge in [0, 0.05) is 67.0 Å². The summed E-state index contributed by atoms with van der Waals surface area (Å²) >= 11 is 0. The van der Waals surface area contributed by atoms with Crippen LogP contribution in [0.1, 0.15) is 0 Å². The minimum atomic E-state index is 1.10. The zero-order chi connectivity index (χ0) is 92.5. The maximum absolute atomic E-state index is 2.44. The van der Waals surface area contributed by atoms with Crippen molar-refractivity contribution in [3.8, 4) is 100 Å². The minimum Gasteiger partial charge on any atom is -0.311 e. The summed E-state index contributed by atoms with van der Waals surface area (Å²) in [4.78, 5) is 4.68. The highest BCUT2D eigenvalue weighted by atomic mass is 15.1. The van der Waals surface area contributed by atoms with Gasteiger partial charge in [-0.05, 0) is 316 Å². The third-order valence-electron chi connectivity index (χ3n) is 28.6. The van der Waals surface area contributed by atoms with Gasteiger partial charge in [-0.2, -0.15) is 0 Å². The number of hydrogen-bond acceptors (Lipinski definition) is 2. The molecule has 0 saturated carbocycles. The molecule has 2 heterocycles. The van der Waals surface area contributed by atoms with Gasteiger partial charge in [-0.15, -0.1) is 0 Å². The van der Waals surface area contributed by atoms with Crippen molar-refractivity contribution in [2.75, 3.05) is 9.80 Å². The monoisotopic (exact) mass is 1780 g/mol. The van der Waals surface area contributed by atoms with Crippen molar-refractivity contribution < 1.29 is 0 Å². The number of nitrogens with zero attached hydrogens (tertiary/aromatic N) is 4. The van der Waals surface area contributed by atoms with Gasteiger partial charge in [0.05, 0.1) is 22.1 Å². The van der Waals surface area contributed by atoms with Gasteiger partial charge in [-0.3, -0.25) is 0 Å². The topological polar surface area (TPSA) is 16.3 Å². The Kier molecular flexibility index (Phi) is 20.6. The van der Waals surface area contributed by atoms with Crippen LogP contribution in [0.3, 0.4) is 0 Å². The van der Waals surface area contributed by atoms with Gasteiger partial charge in [0.2, 0.25) is 0 Å². The first-order valence-electron chi connectivity index (χ1n) is 48.2. The Bertz CT molecular complexity index is 9240. The highest BCUT2D eigenvalue weighted by Gasteiger charge is 2.23. The molecule has 0 unspecified atom stereocenters. The number of rotatable bonds is 16. The molecular weight excluding hydrogens is 1690 g/mol. The van der Waals surface area contributed by atoms with Crippen molar-refractivity contribution in [2.24, 2.45) is 0 Å². The van der Waals surface area contributed by atoms with Crippen LogP contribution in [-0.2, 0) is 0 Å². The van der Waals surface area contributed by atoms with E-state index in [1.807, 2.05) is 0 Å². The minimum absolute atomic E-state index is 1.10. The number of benzene rings is 25. The first kappa shape index (κ1) is 82.2. The summed E-state index contributed by atoms with van der Waals surface area (Å²) in [5.74, 6) is 0. The molecule has 4 nitrogen and oxygen atoms in total. The second-order valence-corrected chi connectivity index (χ2v) is 36.5. The number of hydrogen-bond donors (Lipinski definition) is 0. The molecule has 4 heteroatoms. The van der Waals surface area contributed by atoms with E-state index in [0.717, 1.165) is 45.5 Å². The van der Waals surface area contributed by atoms with E-state index >= 15 is 0 Å². The summed E-state index contributed by atoms with van der Waals surface area (Å²) in [6, 6.07) is 199. The fourth-order valence-corrected chi connectivity index (χ4v) is 21.7. The molecule has 0 atom stereocenters. The van der Waals surface area contributed by atoms with Crippen LogP contribution in [0, 0.1) is 0 Å². The summed E-state index contributed by atoms with van der Waals surface area (Å²) in [5.41, 5.74) is 32.8. The van der Waals surface area contributed by atoms with Gasteiger partial charge in [0.15, 0.2) is 0 Å². The third kappa shape index (κ3) is 14.8. The fourth-order valence-electron chi connectivity index (χ4n) is 21.7. The lowest BCUT2D eigenvalue weighted by atomic mass is 9.92. The Morgan fingerprint density at radius 3 is 0.686 bits per heavy atom. The van der Waals surface area contributed by atoms with Crippen LogP contribution in [0.5, 0.6) is 0 Å². The van der Waals surface area contributed by atoms with E-state index in [2.05, 4.69) is 565 Å². The van der Waals surface area contributed by atoms with Crippen LogP contribution in [0.15, 0.2) is 546 Å². The number of para-hydroxylation sites is 2. The lowest BCUT2D eigenvalue weighted by Crippen LogP contribution is -2.09.